The van der Waals surface area contributed by atoms with E-state index in [4.69, 9.17) is 0 Å². The van der Waals surface area contributed by atoms with E-state index in [0.29, 0.717) is 0 Å². The van der Waals surface area contributed by atoms with Crippen LogP contribution in [0, 0.1) is 0 Å². The summed E-state index contributed by atoms with van der Waals surface area (Å²) in [6, 6.07) is 15.8. The molecule has 124 valence electrons. The minimum atomic E-state index is -4.54. The molecule has 0 aliphatic rings. The molecule has 0 aromatic heterocycles. The number of nitrogens with one attached hydrogen (secondary N) is 1. The minimum absolute atomic E-state index is 0.0152. The first-order valence-corrected chi connectivity index (χ1v) is 8.43. The Balaban J connectivity index is 1.96. The Kier molecular flexibility index (Phi) is 3.96. The molecule has 0 aliphatic heterocycles. The Labute approximate surface area is 136 Å². The third-order valence-electron chi connectivity index (χ3n) is 3.47. The second-order valence-electron chi connectivity index (χ2n) is 5.19. The monoisotopic (exact) mass is 351 g/mol. The molecule has 0 saturated heterocycles. The smallest absolute Gasteiger partial charge is 0.280 e. The zero-order valence-electron chi connectivity index (χ0n) is 12.2. The van der Waals surface area contributed by atoms with E-state index in [0.717, 1.165) is 29.0 Å². The molecule has 3 aromatic rings. The Morgan fingerprint density at radius 1 is 0.792 bits per heavy atom. The van der Waals surface area contributed by atoms with Crippen molar-refractivity contribution in [2.75, 3.05) is 4.72 Å². The van der Waals surface area contributed by atoms with Crippen molar-refractivity contribution in [1.82, 2.24) is 0 Å². The van der Waals surface area contributed by atoms with Gasteiger partial charge in [0.2, 0.25) is 0 Å². The van der Waals surface area contributed by atoms with Crippen molar-refractivity contribution in [3.05, 3.63) is 72.3 Å². The summed E-state index contributed by atoms with van der Waals surface area (Å²) in [5.41, 5.74) is -1.06. The molecule has 3 nitrogen and oxygen atoms in total. The lowest BCUT2D eigenvalue weighted by molar-refractivity contribution is -0.137. The largest absolute Gasteiger partial charge is 0.416 e. The number of alkyl halides is 3. The molecule has 0 atom stereocenters. The molecular weight excluding hydrogens is 339 g/mol. The highest BCUT2D eigenvalue weighted by Gasteiger charge is 2.30. The van der Waals surface area contributed by atoms with Gasteiger partial charge in [-0.05, 0) is 41.1 Å². The quantitative estimate of drug-likeness (QED) is 0.746. The number of hydrogen-bond acceptors (Lipinski definition) is 2. The van der Waals surface area contributed by atoms with Gasteiger partial charge in [-0.2, -0.15) is 13.2 Å². The lowest BCUT2D eigenvalue weighted by Gasteiger charge is -2.11. The van der Waals surface area contributed by atoms with Crippen LogP contribution in [-0.4, -0.2) is 8.42 Å². The molecule has 0 spiro atoms. The Bertz CT molecular complexity index is 998. The van der Waals surface area contributed by atoms with Gasteiger partial charge in [-0.15, -0.1) is 0 Å². The Hall–Kier alpha value is -2.54. The van der Waals surface area contributed by atoms with Gasteiger partial charge in [0.25, 0.3) is 10.0 Å². The van der Waals surface area contributed by atoms with Gasteiger partial charge in [0.15, 0.2) is 0 Å². The zero-order chi connectivity index (χ0) is 17.4. The lowest BCUT2D eigenvalue weighted by atomic mass is 10.1. The highest BCUT2D eigenvalue weighted by Crippen LogP contribution is 2.31. The molecule has 7 heteroatoms. The van der Waals surface area contributed by atoms with Crippen LogP contribution in [-0.2, 0) is 16.2 Å². The minimum Gasteiger partial charge on any atom is -0.280 e. The van der Waals surface area contributed by atoms with Gasteiger partial charge in [-0.3, -0.25) is 4.72 Å². The summed E-state index contributed by atoms with van der Waals surface area (Å²) in [6.07, 6.45) is -4.54. The van der Waals surface area contributed by atoms with Gasteiger partial charge in [-0.25, -0.2) is 8.42 Å². The van der Waals surface area contributed by atoms with Crippen LogP contribution in [0.5, 0.6) is 0 Å². The number of benzene rings is 3. The van der Waals surface area contributed by atoms with Crippen LogP contribution in [0.15, 0.2) is 71.6 Å². The molecule has 0 unspecified atom stereocenters. The predicted octanol–water partition coefficient (Wildman–Crippen LogP) is 4.66. The maximum absolute atomic E-state index is 12.7. The molecule has 24 heavy (non-hydrogen) atoms. The van der Waals surface area contributed by atoms with Crippen molar-refractivity contribution in [3.63, 3.8) is 0 Å². The van der Waals surface area contributed by atoms with E-state index in [1.54, 1.807) is 18.2 Å². The molecule has 0 amide bonds. The number of rotatable bonds is 3. The molecule has 0 fully saturated rings. The van der Waals surface area contributed by atoms with E-state index >= 15 is 0 Å². The maximum atomic E-state index is 12.7. The van der Waals surface area contributed by atoms with Crippen molar-refractivity contribution in [2.24, 2.45) is 0 Å². The van der Waals surface area contributed by atoms with Crippen molar-refractivity contribution >= 4 is 26.5 Å². The molecule has 0 aliphatic carbocycles. The number of hydrogen-bond donors (Lipinski definition) is 1. The van der Waals surface area contributed by atoms with Crippen molar-refractivity contribution in [1.29, 1.82) is 0 Å². The van der Waals surface area contributed by atoms with E-state index in [9.17, 15) is 21.6 Å². The van der Waals surface area contributed by atoms with Crippen LogP contribution in [0.4, 0.5) is 18.9 Å². The first-order chi connectivity index (χ1) is 11.3. The molecule has 3 aromatic carbocycles. The SMILES string of the molecule is O=S(=O)(Nc1cccc(C(F)(F)F)c1)c1ccc2ccccc2c1. The van der Waals surface area contributed by atoms with Crippen LogP contribution >= 0.6 is 0 Å². The zero-order valence-corrected chi connectivity index (χ0v) is 13.0. The molecular formula is C17H12F3NO2S. The summed E-state index contributed by atoms with van der Waals surface area (Å²) < 4.78 is 65.2. The van der Waals surface area contributed by atoms with Gasteiger partial charge in [0, 0.05) is 5.69 Å². The normalized spacial score (nSPS) is 12.3. The predicted molar refractivity (Wildman–Crippen MR) is 86.2 cm³/mol. The van der Waals surface area contributed by atoms with Gasteiger partial charge in [-0.1, -0.05) is 36.4 Å². The van der Waals surface area contributed by atoms with Gasteiger partial charge >= 0.3 is 6.18 Å². The first-order valence-electron chi connectivity index (χ1n) is 6.95. The van der Waals surface area contributed by atoms with Crippen molar-refractivity contribution in [2.45, 2.75) is 11.1 Å². The molecule has 0 saturated carbocycles. The van der Waals surface area contributed by atoms with E-state index in [-0.39, 0.29) is 10.6 Å². The highest BCUT2D eigenvalue weighted by atomic mass is 32.2. The summed E-state index contributed by atoms with van der Waals surface area (Å²) in [5, 5.41) is 1.60. The second-order valence-corrected chi connectivity index (χ2v) is 6.88. The summed E-state index contributed by atoms with van der Waals surface area (Å²) in [7, 11) is -3.98. The van der Waals surface area contributed by atoms with Crippen molar-refractivity contribution < 1.29 is 21.6 Å². The van der Waals surface area contributed by atoms with Crippen LogP contribution in [0.25, 0.3) is 10.8 Å². The van der Waals surface area contributed by atoms with E-state index in [1.165, 1.54) is 18.2 Å². The maximum Gasteiger partial charge on any atom is 0.416 e. The number of halogens is 3. The van der Waals surface area contributed by atoms with E-state index < -0.39 is 21.8 Å². The molecule has 0 heterocycles. The van der Waals surface area contributed by atoms with Gasteiger partial charge < -0.3 is 0 Å². The number of anilines is 1. The third kappa shape index (κ3) is 3.35. The average Bonchev–Trinajstić information content (AvgIpc) is 2.53. The summed E-state index contributed by atoms with van der Waals surface area (Å²) in [4.78, 5) is -0.0152. The van der Waals surface area contributed by atoms with Gasteiger partial charge in [0.05, 0.1) is 10.5 Å². The van der Waals surface area contributed by atoms with E-state index in [1.807, 2.05) is 12.1 Å². The Morgan fingerprint density at radius 3 is 2.21 bits per heavy atom. The van der Waals surface area contributed by atoms with Crippen LogP contribution in [0.3, 0.4) is 0 Å². The fourth-order valence-electron chi connectivity index (χ4n) is 2.31. The number of fused-ring (bicyclic) bond motifs is 1. The molecule has 0 bridgehead atoms. The number of sulfonamides is 1. The summed E-state index contributed by atoms with van der Waals surface area (Å²) >= 11 is 0. The molecule has 1 N–H and O–H groups in total. The first kappa shape index (κ1) is 16.3. The van der Waals surface area contributed by atoms with Crippen molar-refractivity contribution in [3.8, 4) is 0 Å². The summed E-state index contributed by atoms with van der Waals surface area (Å²) in [6.45, 7) is 0. The second kappa shape index (κ2) is 5.83. The molecule has 0 radical (unpaired) electrons. The van der Waals surface area contributed by atoms with Crippen LogP contribution < -0.4 is 4.72 Å². The fraction of sp³-hybridized carbons (Fsp3) is 0.0588. The van der Waals surface area contributed by atoms with E-state index in [2.05, 4.69) is 4.72 Å². The van der Waals surface area contributed by atoms with Gasteiger partial charge in [0.1, 0.15) is 0 Å². The fourth-order valence-corrected chi connectivity index (χ4v) is 3.39. The summed E-state index contributed by atoms with van der Waals surface area (Å²) in [5.74, 6) is 0. The topological polar surface area (TPSA) is 46.2 Å². The average molecular weight is 351 g/mol. The van der Waals surface area contributed by atoms with Crippen LogP contribution in [0.1, 0.15) is 5.56 Å². The van der Waals surface area contributed by atoms with Crippen LogP contribution in [0.2, 0.25) is 0 Å². The lowest BCUT2D eigenvalue weighted by Crippen LogP contribution is -2.14. The Morgan fingerprint density at radius 2 is 1.50 bits per heavy atom. The molecule has 3 rings (SSSR count). The third-order valence-corrected chi connectivity index (χ3v) is 4.85. The highest BCUT2D eigenvalue weighted by molar-refractivity contribution is 7.92. The standard InChI is InChI=1S/C17H12F3NO2S/c18-17(19,20)14-6-3-7-15(11-14)21-24(22,23)16-9-8-12-4-1-2-5-13(12)10-16/h1-11,21H.